The number of alkyl halides is 1. The average molecular weight is 269 g/mol. The summed E-state index contributed by atoms with van der Waals surface area (Å²) in [5.41, 5.74) is 2.39. The third kappa shape index (κ3) is 1.84. The molecule has 0 bridgehead atoms. The number of halogens is 2. The number of benzene rings is 1. The fourth-order valence-electron chi connectivity index (χ4n) is 2.36. The second-order valence-corrected chi connectivity index (χ2v) is 5.75. The average Bonchev–Trinajstić information content (AvgIpc) is 2.90. The van der Waals surface area contributed by atoms with E-state index in [1.54, 1.807) is 0 Å². The molecule has 1 aromatic heterocycles. The van der Waals surface area contributed by atoms with Crippen molar-refractivity contribution in [3.05, 3.63) is 29.0 Å². The van der Waals surface area contributed by atoms with E-state index in [1.807, 2.05) is 12.1 Å². The number of rotatable bonds is 3. The van der Waals surface area contributed by atoms with Gasteiger partial charge in [-0.3, -0.25) is 0 Å². The third-order valence-electron chi connectivity index (χ3n) is 3.52. The van der Waals surface area contributed by atoms with Crippen molar-refractivity contribution < 1.29 is 0 Å². The predicted octanol–water partition coefficient (Wildman–Crippen LogP) is 3.98. The molecule has 1 fully saturated rings. The highest BCUT2D eigenvalue weighted by Gasteiger charge is 2.41. The minimum absolute atomic E-state index is 0.240. The molecule has 4 heteroatoms. The van der Waals surface area contributed by atoms with Gasteiger partial charge in [0.25, 0.3) is 0 Å². The normalized spacial score (nSPS) is 17.6. The molecule has 1 saturated carbocycles. The number of imidazole rings is 1. The Morgan fingerprint density at radius 1 is 1.41 bits per heavy atom. The minimum Gasteiger partial charge on any atom is -0.322 e. The Kier molecular flexibility index (Phi) is 2.60. The molecule has 2 aromatic rings. The van der Waals surface area contributed by atoms with E-state index in [9.17, 15) is 0 Å². The summed E-state index contributed by atoms with van der Waals surface area (Å²) in [6.45, 7) is 2.28. The van der Waals surface area contributed by atoms with Crippen LogP contribution in [0.1, 0.15) is 25.6 Å². The van der Waals surface area contributed by atoms with Gasteiger partial charge in [-0.2, -0.15) is 0 Å². The van der Waals surface area contributed by atoms with Crippen LogP contribution < -0.4 is 0 Å². The zero-order valence-corrected chi connectivity index (χ0v) is 11.2. The van der Waals surface area contributed by atoms with Crippen molar-refractivity contribution in [2.75, 3.05) is 5.88 Å². The standard InChI is InChI=1S/C13H14Cl2N2/c1-13(5-6-13)17-11-3-2-9(15)8-10(11)16-12(17)4-7-14/h2-3,8H,4-7H2,1H3. The fraction of sp³-hybridized carbons (Fsp3) is 0.462. The smallest absolute Gasteiger partial charge is 0.111 e. The number of nitrogens with zero attached hydrogens (tertiary/aromatic N) is 2. The molecular weight excluding hydrogens is 255 g/mol. The van der Waals surface area contributed by atoms with E-state index in [0.717, 1.165) is 22.8 Å². The quantitative estimate of drug-likeness (QED) is 0.770. The Balaban J connectivity index is 2.24. The molecule has 3 rings (SSSR count). The van der Waals surface area contributed by atoms with Gasteiger partial charge in [0.15, 0.2) is 0 Å². The topological polar surface area (TPSA) is 17.8 Å². The Morgan fingerprint density at radius 2 is 2.18 bits per heavy atom. The molecule has 0 saturated heterocycles. The van der Waals surface area contributed by atoms with Crippen molar-refractivity contribution >= 4 is 34.2 Å². The zero-order valence-electron chi connectivity index (χ0n) is 9.71. The van der Waals surface area contributed by atoms with Crippen molar-refractivity contribution in [1.29, 1.82) is 0 Å². The van der Waals surface area contributed by atoms with Gasteiger partial charge in [-0.05, 0) is 38.0 Å². The fourth-order valence-corrected chi connectivity index (χ4v) is 2.70. The molecule has 0 unspecified atom stereocenters. The third-order valence-corrected chi connectivity index (χ3v) is 3.94. The van der Waals surface area contributed by atoms with Crippen LogP contribution in [0.25, 0.3) is 11.0 Å². The van der Waals surface area contributed by atoms with Gasteiger partial charge in [-0.25, -0.2) is 4.98 Å². The van der Waals surface area contributed by atoms with E-state index < -0.39 is 0 Å². The molecule has 0 radical (unpaired) electrons. The minimum atomic E-state index is 0.240. The zero-order chi connectivity index (χ0) is 12.0. The highest BCUT2D eigenvalue weighted by atomic mass is 35.5. The van der Waals surface area contributed by atoms with Gasteiger partial charge in [0.05, 0.1) is 11.0 Å². The molecule has 1 aliphatic carbocycles. The molecule has 0 spiro atoms. The maximum Gasteiger partial charge on any atom is 0.111 e. The Morgan fingerprint density at radius 3 is 2.82 bits per heavy atom. The maximum atomic E-state index is 6.01. The van der Waals surface area contributed by atoms with E-state index in [4.69, 9.17) is 23.2 Å². The molecule has 90 valence electrons. The summed E-state index contributed by atoms with van der Waals surface area (Å²) in [6, 6.07) is 5.92. The van der Waals surface area contributed by atoms with Gasteiger partial charge in [-0.15, -0.1) is 11.6 Å². The molecule has 0 amide bonds. The lowest BCUT2D eigenvalue weighted by Gasteiger charge is -2.15. The molecule has 0 N–H and O–H groups in total. The van der Waals surface area contributed by atoms with Crippen molar-refractivity contribution in [2.45, 2.75) is 31.7 Å². The van der Waals surface area contributed by atoms with Gasteiger partial charge in [0.1, 0.15) is 5.82 Å². The molecule has 0 aliphatic heterocycles. The maximum absolute atomic E-state index is 6.01. The SMILES string of the molecule is CC1(n2c(CCCl)nc3cc(Cl)ccc32)CC1. The van der Waals surface area contributed by atoms with E-state index >= 15 is 0 Å². The summed E-state index contributed by atoms with van der Waals surface area (Å²) in [5, 5.41) is 0.737. The van der Waals surface area contributed by atoms with Crippen LogP contribution >= 0.6 is 23.2 Å². The van der Waals surface area contributed by atoms with Crippen molar-refractivity contribution in [3.63, 3.8) is 0 Å². The highest BCUT2D eigenvalue weighted by Crippen LogP contribution is 2.45. The lowest BCUT2D eigenvalue weighted by Crippen LogP contribution is -2.16. The second kappa shape index (κ2) is 3.89. The molecule has 1 aliphatic rings. The molecule has 0 atom stereocenters. The van der Waals surface area contributed by atoms with Gasteiger partial charge in [0.2, 0.25) is 0 Å². The van der Waals surface area contributed by atoms with Crippen LogP contribution in [0.5, 0.6) is 0 Å². The highest BCUT2D eigenvalue weighted by molar-refractivity contribution is 6.31. The molecular formula is C13H14Cl2N2. The van der Waals surface area contributed by atoms with Crippen LogP contribution in [0, 0.1) is 0 Å². The molecule has 1 heterocycles. The lowest BCUT2D eigenvalue weighted by molar-refractivity contribution is 0.525. The number of fused-ring (bicyclic) bond motifs is 1. The lowest BCUT2D eigenvalue weighted by atomic mass is 10.2. The summed E-state index contributed by atoms with van der Waals surface area (Å²) in [5.74, 6) is 1.69. The Labute approximate surface area is 111 Å². The van der Waals surface area contributed by atoms with Crippen LogP contribution in [0.2, 0.25) is 5.02 Å². The summed E-state index contributed by atoms with van der Waals surface area (Å²) in [6.07, 6.45) is 3.25. The number of hydrogen-bond donors (Lipinski definition) is 0. The number of hydrogen-bond acceptors (Lipinski definition) is 1. The first-order chi connectivity index (χ1) is 8.14. The molecule has 1 aromatic carbocycles. The van der Waals surface area contributed by atoms with E-state index in [-0.39, 0.29) is 5.54 Å². The van der Waals surface area contributed by atoms with Gasteiger partial charge in [-0.1, -0.05) is 11.6 Å². The van der Waals surface area contributed by atoms with Gasteiger partial charge in [0, 0.05) is 22.9 Å². The number of aromatic nitrogens is 2. The summed E-state index contributed by atoms with van der Waals surface area (Å²) < 4.78 is 2.35. The first-order valence-electron chi connectivity index (χ1n) is 5.87. The van der Waals surface area contributed by atoms with E-state index in [1.165, 1.54) is 18.4 Å². The second-order valence-electron chi connectivity index (χ2n) is 4.93. The van der Waals surface area contributed by atoms with Crippen molar-refractivity contribution in [2.24, 2.45) is 0 Å². The summed E-state index contributed by atoms with van der Waals surface area (Å²) >= 11 is 11.9. The van der Waals surface area contributed by atoms with E-state index in [0.29, 0.717) is 5.88 Å². The van der Waals surface area contributed by atoms with Crippen LogP contribution in [0.3, 0.4) is 0 Å². The summed E-state index contributed by atoms with van der Waals surface area (Å²) in [7, 11) is 0. The Hall–Kier alpha value is -0.730. The monoisotopic (exact) mass is 268 g/mol. The van der Waals surface area contributed by atoms with Crippen LogP contribution in [-0.2, 0) is 12.0 Å². The summed E-state index contributed by atoms with van der Waals surface area (Å²) in [4.78, 5) is 4.66. The molecule has 17 heavy (non-hydrogen) atoms. The van der Waals surface area contributed by atoms with Crippen molar-refractivity contribution in [1.82, 2.24) is 9.55 Å². The largest absolute Gasteiger partial charge is 0.322 e. The first-order valence-corrected chi connectivity index (χ1v) is 6.79. The number of aryl methyl sites for hydroxylation is 1. The van der Waals surface area contributed by atoms with Gasteiger partial charge < -0.3 is 4.57 Å². The predicted molar refractivity (Wildman–Crippen MR) is 72.0 cm³/mol. The van der Waals surface area contributed by atoms with Crippen LogP contribution in [0.15, 0.2) is 18.2 Å². The van der Waals surface area contributed by atoms with Crippen LogP contribution in [0.4, 0.5) is 0 Å². The molecule has 2 nitrogen and oxygen atoms in total. The van der Waals surface area contributed by atoms with E-state index in [2.05, 4.69) is 22.5 Å². The van der Waals surface area contributed by atoms with Crippen LogP contribution in [-0.4, -0.2) is 15.4 Å². The Bertz CT molecular complexity index is 570. The van der Waals surface area contributed by atoms with Crippen molar-refractivity contribution in [3.8, 4) is 0 Å². The first kappa shape index (κ1) is 11.4. The van der Waals surface area contributed by atoms with Gasteiger partial charge >= 0.3 is 0 Å².